The summed E-state index contributed by atoms with van der Waals surface area (Å²) in [7, 11) is 1.61. The zero-order valence-corrected chi connectivity index (χ0v) is 10.9. The van der Waals surface area contributed by atoms with Crippen molar-refractivity contribution in [3.63, 3.8) is 0 Å². The number of para-hydroxylation sites is 1. The van der Waals surface area contributed by atoms with E-state index in [1.165, 1.54) is 0 Å². The number of aromatic nitrogens is 2. The Labute approximate surface area is 112 Å². The van der Waals surface area contributed by atoms with Crippen molar-refractivity contribution < 1.29 is 4.79 Å². The standard InChI is InChI=1S/C13H15BN4O/c14-12(19)17-5-7-18(8-6-17)13-15-9-10-3-1-2-4-11(10)16-13/h1-4,9H,5-8,14H2. The Morgan fingerprint density at radius 2 is 1.89 bits per heavy atom. The second-order valence-electron chi connectivity index (χ2n) is 4.72. The van der Waals surface area contributed by atoms with Gasteiger partial charge in [-0.1, -0.05) is 18.2 Å². The molecule has 96 valence electrons. The van der Waals surface area contributed by atoms with Gasteiger partial charge in [0.1, 0.15) is 0 Å². The van der Waals surface area contributed by atoms with Crippen LogP contribution < -0.4 is 4.90 Å². The molecule has 0 atom stereocenters. The third kappa shape index (κ3) is 2.38. The molecule has 1 amide bonds. The molecule has 0 aliphatic carbocycles. The Morgan fingerprint density at radius 1 is 1.16 bits per heavy atom. The van der Waals surface area contributed by atoms with E-state index in [2.05, 4.69) is 14.9 Å². The van der Waals surface area contributed by atoms with Gasteiger partial charge in [-0.25, -0.2) is 9.97 Å². The maximum Gasteiger partial charge on any atom is 0.225 e. The van der Waals surface area contributed by atoms with Gasteiger partial charge >= 0.3 is 0 Å². The van der Waals surface area contributed by atoms with E-state index in [1.54, 1.807) is 7.85 Å². The highest BCUT2D eigenvalue weighted by molar-refractivity contribution is 6.56. The molecular formula is C13H15BN4O. The SMILES string of the molecule is BC(=O)N1CCN(c2ncc3ccccc3n2)CC1. The van der Waals surface area contributed by atoms with E-state index in [1.807, 2.05) is 35.4 Å². The fourth-order valence-corrected chi connectivity index (χ4v) is 2.34. The minimum absolute atomic E-state index is 0.138. The van der Waals surface area contributed by atoms with E-state index in [9.17, 15) is 4.79 Å². The normalized spacial score (nSPS) is 15.8. The number of carbonyl (C=O) groups excluding carboxylic acids is 1. The Morgan fingerprint density at radius 3 is 2.63 bits per heavy atom. The van der Waals surface area contributed by atoms with Gasteiger partial charge in [0.05, 0.1) is 5.52 Å². The van der Waals surface area contributed by atoms with Crippen LogP contribution in [0.25, 0.3) is 10.9 Å². The lowest BCUT2D eigenvalue weighted by atomic mass is 10.1. The van der Waals surface area contributed by atoms with Crippen molar-refractivity contribution in [3.8, 4) is 0 Å². The van der Waals surface area contributed by atoms with Crippen molar-refractivity contribution >= 4 is 30.5 Å². The fourth-order valence-electron chi connectivity index (χ4n) is 2.34. The molecule has 0 bridgehead atoms. The molecule has 1 aliphatic heterocycles. The number of fused-ring (bicyclic) bond motifs is 1. The van der Waals surface area contributed by atoms with Crippen LogP contribution in [0.3, 0.4) is 0 Å². The molecule has 0 unspecified atom stereocenters. The fraction of sp³-hybridized carbons (Fsp3) is 0.308. The molecule has 0 saturated carbocycles. The van der Waals surface area contributed by atoms with Crippen LogP contribution in [0.15, 0.2) is 30.5 Å². The number of benzene rings is 1. The summed E-state index contributed by atoms with van der Waals surface area (Å²) in [5.74, 6) is 0.890. The average molecular weight is 254 g/mol. The molecule has 3 rings (SSSR count). The topological polar surface area (TPSA) is 49.3 Å². The molecule has 6 heteroatoms. The molecule has 5 nitrogen and oxygen atoms in total. The van der Waals surface area contributed by atoms with Gasteiger partial charge in [-0.3, -0.25) is 4.79 Å². The summed E-state index contributed by atoms with van der Waals surface area (Å²) < 4.78 is 0. The van der Waals surface area contributed by atoms with E-state index in [0.29, 0.717) is 0 Å². The van der Waals surface area contributed by atoms with Gasteiger partial charge in [0.2, 0.25) is 13.8 Å². The second-order valence-corrected chi connectivity index (χ2v) is 4.72. The number of amides is 1. The van der Waals surface area contributed by atoms with Gasteiger partial charge in [0.25, 0.3) is 0 Å². The van der Waals surface area contributed by atoms with Gasteiger partial charge < -0.3 is 9.80 Å². The average Bonchev–Trinajstić information content (AvgIpc) is 2.47. The number of carbonyl (C=O) groups is 1. The van der Waals surface area contributed by atoms with Crippen molar-refractivity contribution in [2.24, 2.45) is 0 Å². The van der Waals surface area contributed by atoms with E-state index in [-0.39, 0.29) is 5.81 Å². The summed E-state index contributed by atoms with van der Waals surface area (Å²) in [4.78, 5) is 24.3. The van der Waals surface area contributed by atoms with Crippen LogP contribution in [0.5, 0.6) is 0 Å². The highest BCUT2D eigenvalue weighted by Gasteiger charge is 2.20. The molecule has 1 fully saturated rings. The zero-order chi connectivity index (χ0) is 13.2. The van der Waals surface area contributed by atoms with Crippen LogP contribution in [-0.2, 0) is 0 Å². The number of rotatable bonds is 1. The van der Waals surface area contributed by atoms with Crippen LogP contribution in [0, 0.1) is 0 Å². The summed E-state index contributed by atoms with van der Waals surface area (Å²) in [5, 5.41) is 1.05. The largest absolute Gasteiger partial charge is 0.348 e. The lowest BCUT2D eigenvalue weighted by Crippen LogP contribution is -2.49. The highest BCUT2D eigenvalue weighted by Crippen LogP contribution is 2.16. The third-order valence-electron chi connectivity index (χ3n) is 3.48. The molecule has 1 aliphatic rings. The summed E-state index contributed by atoms with van der Waals surface area (Å²) in [5.41, 5.74) is 0.960. The number of piperazine rings is 1. The molecule has 0 spiro atoms. The predicted molar refractivity (Wildman–Crippen MR) is 77.3 cm³/mol. The highest BCUT2D eigenvalue weighted by atomic mass is 16.1. The Balaban J connectivity index is 1.80. The molecule has 1 aromatic heterocycles. The quantitative estimate of drug-likeness (QED) is 0.695. The van der Waals surface area contributed by atoms with E-state index >= 15 is 0 Å². The molecule has 19 heavy (non-hydrogen) atoms. The van der Waals surface area contributed by atoms with Gasteiger partial charge in [0, 0.05) is 37.8 Å². The monoisotopic (exact) mass is 254 g/mol. The van der Waals surface area contributed by atoms with Crippen molar-refractivity contribution in [3.05, 3.63) is 30.5 Å². The van der Waals surface area contributed by atoms with Crippen LogP contribution >= 0.6 is 0 Å². The van der Waals surface area contributed by atoms with Gasteiger partial charge in [-0.2, -0.15) is 0 Å². The number of nitrogens with zero attached hydrogens (tertiary/aromatic N) is 4. The first-order valence-corrected chi connectivity index (χ1v) is 6.46. The summed E-state index contributed by atoms with van der Waals surface area (Å²) in [6, 6.07) is 7.96. The Hall–Kier alpha value is -2.11. The predicted octanol–water partition coefficient (Wildman–Crippen LogP) is 0.505. The maximum absolute atomic E-state index is 11.3. The maximum atomic E-state index is 11.3. The lowest BCUT2D eigenvalue weighted by Gasteiger charge is -2.34. The molecular weight excluding hydrogens is 239 g/mol. The first-order valence-electron chi connectivity index (χ1n) is 6.46. The lowest BCUT2D eigenvalue weighted by molar-refractivity contribution is 0.218. The first-order chi connectivity index (χ1) is 9.24. The smallest absolute Gasteiger partial charge is 0.225 e. The van der Waals surface area contributed by atoms with E-state index in [0.717, 1.165) is 43.0 Å². The van der Waals surface area contributed by atoms with Crippen LogP contribution in [-0.4, -0.2) is 54.7 Å². The van der Waals surface area contributed by atoms with Crippen LogP contribution in [0.1, 0.15) is 0 Å². The molecule has 1 aromatic carbocycles. The van der Waals surface area contributed by atoms with Crippen LogP contribution in [0.2, 0.25) is 0 Å². The van der Waals surface area contributed by atoms with E-state index < -0.39 is 0 Å². The Bertz CT molecular complexity index is 610. The Kier molecular flexibility index (Phi) is 3.07. The van der Waals surface area contributed by atoms with Crippen LogP contribution in [0.4, 0.5) is 10.7 Å². The van der Waals surface area contributed by atoms with Crippen molar-refractivity contribution in [1.29, 1.82) is 0 Å². The first kappa shape index (κ1) is 12.0. The van der Waals surface area contributed by atoms with Crippen molar-refractivity contribution in [1.82, 2.24) is 14.9 Å². The van der Waals surface area contributed by atoms with Gasteiger partial charge in [-0.05, 0) is 6.07 Å². The molecule has 2 heterocycles. The molecule has 0 radical (unpaired) electrons. The van der Waals surface area contributed by atoms with E-state index in [4.69, 9.17) is 0 Å². The third-order valence-corrected chi connectivity index (χ3v) is 3.48. The summed E-state index contributed by atoms with van der Waals surface area (Å²) in [6.45, 7) is 3.06. The van der Waals surface area contributed by atoms with Crippen molar-refractivity contribution in [2.75, 3.05) is 31.1 Å². The summed E-state index contributed by atoms with van der Waals surface area (Å²) in [6.07, 6.45) is 1.86. The van der Waals surface area contributed by atoms with Crippen molar-refractivity contribution in [2.45, 2.75) is 0 Å². The minimum atomic E-state index is 0.138. The number of hydrogen-bond acceptors (Lipinski definition) is 4. The van der Waals surface area contributed by atoms with Gasteiger partial charge in [0.15, 0.2) is 5.81 Å². The second kappa shape index (κ2) is 4.88. The number of hydrogen-bond donors (Lipinski definition) is 0. The zero-order valence-electron chi connectivity index (χ0n) is 10.9. The summed E-state index contributed by atoms with van der Waals surface area (Å²) >= 11 is 0. The molecule has 0 N–H and O–H groups in total. The number of anilines is 1. The minimum Gasteiger partial charge on any atom is -0.348 e. The molecule has 1 saturated heterocycles. The van der Waals surface area contributed by atoms with Gasteiger partial charge in [-0.15, -0.1) is 0 Å². The molecule has 2 aromatic rings.